The largest absolute Gasteiger partial charge is 0.348 e. The number of amides is 1. The van der Waals surface area contributed by atoms with Gasteiger partial charge in [0.2, 0.25) is 5.91 Å². The summed E-state index contributed by atoms with van der Waals surface area (Å²) in [7, 11) is 0. The van der Waals surface area contributed by atoms with Gasteiger partial charge in [0, 0.05) is 41.3 Å². The van der Waals surface area contributed by atoms with E-state index in [2.05, 4.69) is 32.1 Å². The fourth-order valence-corrected chi connectivity index (χ4v) is 4.26. The fraction of sp³-hybridized carbons (Fsp3) is 0.200. The molecule has 0 radical (unpaired) electrons. The molecular weight excluding hydrogens is 358 g/mol. The van der Waals surface area contributed by atoms with E-state index in [1.54, 1.807) is 18.0 Å². The minimum Gasteiger partial charge on any atom is -0.348 e. The van der Waals surface area contributed by atoms with E-state index in [-0.39, 0.29) is 11.9 Å². The van der Waals surface area contributed by atoms with E-state index < -0.39 is 0 Å². The standard InChI is InChI=1S/C20H17N5OS/c26-18(8-15-10-21-12-27-15)25-6-5-16-19(24-11-23-16)20(25)17-7-13-3-1-2-4-14(13)9-22-17/h1-4,7,9-12,20H,5-6,8H2,(H,23,24)/t20-/m1/s1. The van der Waals surface area contributed by atoms with Crippen LogP contribution in [-0.4, -0.2) is 37.3 Å². The molecule has 1 atom stereocenters. The Morgan fingerprint density at radius 3 is 2.96 bits per heavy atom. The molecule has 0 unspecified atom stereocenters. The van der Waals surface area contributed by atoms with Gasteiger partial charge in [0.05, 0.1) is 29.6 Å². The third-order valence-corrected chi connectivity index (χ3v) is 5.77. The Labute approximate surface area is 159 Å². The Hall–Kier alpha value is -3.06. The molecule has 134 valence electrons. The number of thiazole rings is 1. The molecule has 0 spiro atoms. The number of hydrogen-bond acceptors (Lipinski definition) is 5. The maximum absolute atomic E-state index is 13.1. The molecule has 1 aliphatic heterocycles. The average molecular weight is 375 g/mol. The summed E-state index contributed by atoms with van der Waals surface area (Å²) in [4.78, 5) is 32.5. The molecule has 1 N–H and O–H groups in total. The number of imidazole rings is 1. The number of carbonyl (C=O) groups is 1. The zero-order chi connectivity index (χ0) is 18.2. The second kappa shape index (κ2) is 6.59. The van der Waals surface area contributed by atoms with Crippen molar-refractivity contribution < 1.29 is 4.79 Å². The second-order valence-corrected chi connectivity index (χ2v) is 7.58. The first-order valence-corrected chi connectivity index (χ1v) is 9.71. The monoisotopic (exact) mass is 375 g/mol. The minimum atomic E-state index is -0.273. The van der Waals surface area contributed by atoms with Crippen molar-refractivity contribution in [2.75, 3.05) is 6.54 Å². The van der Waals surface area contributed by atoms with E-state index in [1.165, 1.54) is 11.3 Å². The summed E-state index contributed by atoms with van der Waals surface area (Å²) < 4.78 is 0. The van der Waals surface area contributed by atoms with Crippen LogP contribution in [0.5, 0.6) is 0 Å². The molecule has 1 aliphatic rings. The molecule has 0 saturated carbocycles. The first kappa shape index (κ1) is 16.1. The molecule has 0 fully saturated rings. The van der Waals surface area contributed by atoms with E-state index in [0.717, 1.165) is 39.2 Å². The third-order valence-electron chi connectivity index (χ3n) is 4.99. The highest BCUT2D eigenvalue weighted by Crippen LogP contribution is 2.34. The number of H-pyrrole nitrogens is 1. The van der Waals surface area contributed by atoms with Crippen molar-refractivity contribution in [2.24, 2.45) is 0 Å². The molecule has 1 amide bonds. The van der Waals surface area contributed by atoms with Crippen LogP contribution >= 0.6 is 11.3 Å². The highest BCUT2D eigenvalue weighted by Gasteiger charge is 2.35. The number of fused-ring (bicyclic) bond motifs is 2. The van der Waals surface area contributed by atoms with Crippen molar-refractivity contribution in [3.05, 3.63) is 76.5 Å². The predicted octanol–water partition coefficient (Wildman–Crippen LogP) is 3.13. The highest BCUT2D eigenvalue weighted by molar-refractivity contribution is 7.09. The van der Waals surface area contributed by atoms with Crippen molar-refractivity contribution in [1.82, 2.24) is 24.8 Å². The van der Waals surface area contributed by atoms with Gasteiger partial charge in [-0.25, -0.2) is 4.98 Å². The van der Waals surface area contributed by atoms with Gasteiger partial charge in [-0.1, -0.05) is 24.3 Å². The number of carbonyl (C=O) groups excluding carboxylic acids is 1. The van der Waals surface area contributed by atoms with Crippen molar-refractivity contribution in [2.45, 2.75) is 18.9 Å². The zero-order valence-corrected chi connectivity index (χ0v) is 15.3. The SMILES string of the molecule is O=C(Cc1cncs1)N1CCc2[nH]cnc2[C@H]1c1cc2ccccc2cn1. The summed E-state index contributed by atoms with van der Waals surface area (Å²) in [6.45, 7) is 0.645. The van der Waals surface area contributed by atoms with Gasteiger partial charge < -0.3 is 9.88 Å². The zero-order valence-electron chi connectivity index (χ0n) is 14.5. The Morgan fingerprint density at radius 2 is 2.11 bits per heavy atom. The second-order valence-electron chi connectivity index (χ2n) is 6.61. The molecular formula is C20H17N5OS. The molecule has 4 aromatic rings. The van der Waals surface area contributed by atoms with E-state index in [4.69, 9.17) is 0 Å². The number of aromatic amines is 1. The summed E-state index contributed by atoms with van der Waals surface area (Å²) in [5.41, 5.74) is 4.57. The number of nitrogens with one attached hydrogen (secondary N) is 1. The molecule has 0 saturated heterocycles. The van der Waals surface area contributed by atoms with Crippen LogP contribution in [-0.2, 0) is 17.6 Å². The van der Waals surface area contributed by atoms with Gasteiger partial charge in [0.25, 0.3) is 0 Å². The molecule has 1 aromatic carbocycles. The lowest BCUT2D eigenvalue weighted by atomic mass is 9.97. The maximum Gasteiger partial charge on any atom is 0.228 e. The average Bonchev–Trinajstić information content (AvgIpc) is 3.38. The van der Waals surface area contributed by atoms with Gasteiger partial charge in [0.15, 0.2) is 0 Å². The molecule has 27 heavy (non-hydrogen) atoms. The van der Waals surface area contributed by atoms with Gasteiger partial charge >= 0.3 is 0 Å². The lowest BCUT2D eigenvalue weighted by Crippen LogP contribution is -2.41. The minimum absolute atomic E-state index is 0.0767. The van der Waals surface area contributed by atoms with E-state index in [0.29, 0.717) is 13.0 Å². The quantitative estimate of drug-likeness (QED) is 0.597. The molecule has 6 nitrogen and oxygen atoms in total. The summed E-state index contributed by atoms with van der Waals surface area (Å²) in [6.07, 6.45) is 6.46. The number of aromatic nitrogens is 4. The predicted molar refractivity (Wildman–Crippen MR) is 103 cm³/mol. The summed E-state index contributed by atoms with van der Waals surface area (Å²) in [5, 5.41) is 2.20. The fourth-order valence-electron chi connectivity index (χ4n) is 3.68. The van der Waals surface area contributed by atoms with Crippen LogP contribution in [0, 0.1) is 0 Å². The molecule has 3 aromatic heterocycles. The molecule has 0 bridgehead atoms. The van der Waals surface area contributed by atoms with Crippen molar-refractivity contribution in [1.29, 1.82) is 0 Å². The molecule has 0 aliphatic carbocycles. The topological polar surface area (TPSA) is 74.8 Å². The normalized spacial score (nSPS) is 16.4. The summed E-state index contributed by atoms with van der Waals surface area (Å²) in [6, 6.07) is 9.92. The van der Waals surface area contributed by atoms with Crippen molar-refractivity contribution in [3.63, 3.8) is 0 Å². The molecule has 4 heterocycles. The number of hydrogen-bond donors (Lipinski definition) is 1. The Bertz CT molecular complexity index is 1100. The summed E-state index contributed by atoms with van der Waals surface area (Å²) >= 11 is 1.51. The molecule has 5 rings (SSSR count). The van der Waals surface area contributed by atoms with Gasteiger partial charge in [-0.3, -0.25) is 14.8 Å². The van der Waals surface area contributed by atoms with Crippen LogP contribution < -0.4 is 0 Å². The van der Waals surface area contributed by atoms with Crippen LogP contribution in [0.3, 0.4) is 0 Å². The number of nitrogens with zero attached hydrogens (tertiary/aromatic N) is 4. The van der Waals surface area contributed by atoms with Crippen molar-refractivity contribution >= 4 is 28.0 Å². The van der Waals surface area contributed by atoms with Gasteiger partial charge in [-0.05, 0) is 11.5 Å². The first-order valence-electron chi connectivity index (χ1n) is 8.83. The summed E-state index contributed by atoms with van der Waals surface area (Å²) in [5.74, 6) is 0.0767. The van der Waals surface area contributed by atoms with E-state index in [1.807, 2.05) is 29.3 Å². The van der Waals surface area contributed by atoms with Gasteiger partial charge in [-0.2, -0.15) is 0 Å². The van der Waals surface area contributed by atoms with E-state index >= 15 is 0 Å². The van der Waals surface area contributed by atoms with E-state index in [9.17, 15) is 4.79 Å². The molecule has 7 heteroatoms. The van der Waals surface area contributed by atoms with Gasteiger partial charge in [0.1, 0.15) is 6.04 Å². The van der Waals surface area contributed by atoms with Crippen LogP contribution in [0.2, 0.25) is 0 Å². The Balaban J connectivity index is 1.56. The number of rotatable bonds is 3. The van der Waals surface area contributed by atoms with Crippen LogP contribution in [0.1, 0.15) is 28.0 Å². The maximum atomic E-state index is 13.1. The van der Waals surface area contributed by atoms with Crippen LogP contribution in [0.25, 0.3) is 10.8 Å². The number of benzene rings is 1. The Morgan fingerprint density at radius 1 is 1.22 bits per heavy atom. The number of pyridine rings is 1. The van der Waals surface area contributed by atoms with Gasteiger partial charge in [-0.15, -0.1) is 11.3 Å². The third kappa shape index (κ3) is 2.90. The van der Waals surface area contributed by atoms with Crippen LogP contribution in [0.4, 0.5) is 0 Å². The lowest BCUT2D eigenvalue weighted by molar-refractivity contribution is -0.132. The smallest absolute Gasteiger partial charge is 0.228 e. The van der Waals surface area contributed by atoms with Crippen LogP contribution in [0.15, 0.2) is 54.6 Å². The highest BCUT2D eigenvalue weighted by atomic mass is 32.1. The van der Waals surface area contributed by atoms with Crippen molar-refractivity contribution in [3.8, 4) is 0 Å². The Kier molecular flexibility index (Phi) is 3.94. The lowest BCUT2D eigenvalue weighted by Gasteiger charge is -2.34. The first-order chi connectivity index (χ1) is 13.3.